The molecule has 0 saturated heterocycles. The first-order valence-corrected chi connectivity index (χ1v) is 4.71. The summed E-state index contributed by atoms with van der Waals surface area (Å²) in [6.45, 7) is 2.29. The maximum absolute atomic E-state index is 2.35. The first-order chi connectivity index (χ1) is 7.63. The third kappa shape index (κ3) is 138. The summed E-state index contributed by atoms with van der Waals surface area (Å²) in [4.78, 5) is 4.36. The van der Waals surface area contributed by atoms with Crippen molar-refractivity contribution in [1.29, 1.82) is 0 Å². The van der Waals surface area contributed by atoms with Gasteiger partial charge >= 0.3 is 48.9 Å². The number of hydrogen-bond acceptors (Lipinski definition) is 2. The molecular weight excluding hydrogens is 357 g/mol. The van der Waals surface area contributed by atoms with Gasteiger partial charge in [0.2, 0.25) is 0 Å². The second-order valence-corrected chi connectivity index (χ2v) is 3.50. The minimum absolute atomic E-state index is 0. The molecule has 0 spiro atoms. The Morgan fingerprint density at radius 3 is 0.789 bits per heavy atom. The van der Waals surface area contributed by atoms with E-state index in [1.54, 1.807) is 0 Å². The molecule has 0 unspecified atom stereocenters. The normalized spacial score (nSPS) is 11.1. The quantitative estimate of drug-likeness (QED) is 0.441. The van der Waals surface area contributed by atoms with Gasteiger partial charge in [0.05, 0.1) is 0 Å². The van der Waals surface area contributed by atoms with E-state index in [9.17, 15) is 0 Å². The van der Waals surface area contributed by atoms with Gasteiger partial charge in [-0.15, -0.1) is 0 Å². The minimum atomic E-state index is 0. The maximum atomic E-state index is 2.35. The molecule has 0 aliphatic rings. The third-order valence-corrected chi connectivity index (χ3v) is 0.994. The fraction of sp³-hybridized carbons (Fsp3) is 1.00. The molecule has 0 bridgehead atoms. The van der Waals surface area contributed by atoms with Crippen LogP contribution in [0.25, 0.3) is 0 Å². The van der Waals surface area contributed by atoms with Gasteiger partial charge in [-0.1, -0.05) is 0 Å². The Morgan fingerprint density at radius 2 is 0.737 bits per heavy atom. The molecule has 0 aromatic carbocycles. The van der Waals surface area contributed by atoms with Gasteiger partial charge in [0.1, 0.15) is 31.9 Å². The van der Waals surface area contributed by atoms with Crippen LogP contribution < -0.4 is 0 Å². The molecule has 0 N–H and O–H groups in total. The zero-order valence-corrected chi connectivity index (χ0v) is 16.4. The van der Waals surface area contributed by atoms with Crippen LogP contribution in [0.15, 0.2) is 0 Å². The van der Waals surface area contributed by atoms with Crippen LogP contribution in [0.5, 0.6) is 0 Å². The molecule has 0 heterocycles. The molecule has 0 saturated carbocycles. The molecular formula is C10H40B4BaN4. The average molecular weight is 397 g/mol. The summed E-state index contributed by atoms with van der Waals surface area (Å²) in [5.74, 6) is 0. The van der Waals surface area contributed by atoms with Gasteiger partial charge in [0, 0.05) is 13.1 Å². The van der Waals surface area contributed by atoms with E-state index in [1.807, 2.05) is 0 Å². The molecule has 0 aliphatic carbocycles. The molecule has 0 aromatic rings. The topological polar surface area (TPSA) is 6.48 Å². The molecule has 0 fully saturated rings. The van der Waals surface area contributed by atoms with Crippen LogP contribution in [0.2, 0.25) is 0 Å². The maximum Gasteiger partial charge on any atom is 2.00 e. The van der Waals surface area contributed by atoms with Gasteiger partial charge in [-0.05, 0) is 56.4 Å². The number of quaternary nitrogens is 2. The van der Waals surface area contributed by atoms with Crippen molar-refractivity contribution in [2.75, 3.05) is 69.5 Å². The van der Waals surface area contributed by atoms with Crippen molar-refractivity contribution in [1.82, 2.24) is 9.80 Å². The Bertz CT molecular complexity index is 149. The van der Waals surface area contributed by atoms with Gasteiger partial charge in [0.15, 0.2) is 0 Å². The Balaban J connectivity index is -0.0000000906. The second-order valence-electron chi connectivity index (χ2n) is 3.50. The number of rotatable bonds is 3. The van der Waals surface area contributed by atoms with Crippen molar-refractivity contribution in [3.63, 3.8) is 0 Å². The molecule has 0 rings (SSSR count). The molecule has 114 valence electrons. The zero-order chi connectivity index (χ0) is 15.6. The summed E-state index contributed by atoms with van der Waals surface area (Å²) in [5, 5.41) is 0. The Labute approximate surface area is 167 Å². The smallest absolute Gasteiger partial charge is 0.741 e. The van der Waals surface area contributed by atoms with E-state index < -0.39 is 0 Å². The molecule has 0 radical (unpaired) electrons. The van der Waals surface area contributed by atoms with Crippen molar-refractivity contribution >= 4 is 80.8 Å². The molecule has 4 nitrogen and oxygen atoms in total. The average Bonchev–Trinajstić information content (AvgIpc) is 1.93. The minimum Gasteiger partial charge on any atom is -0.741 e. The summed E-state index contributed by atoms with van der Waals surface area (Å²) in [7, 11) is 20.3. The Hall–Kier alpha value is 1.67. The van der Waals surface area contributed by atoms with Crippen LogP contribution in [0.4, 0.5) is 0 Å². The van der Waals surface area contributed by atoms with Crippen molar-refractivity contribution in [3.05, 3.63) is 0 Å². The van der Waals surface area contributed by atoms with E-state index in [-0.39, 0.29) is 48.9 Å². The summed E-state index contributed by atoms with van der Waals surface area (Å²) in [6.07, 6.45) is 0. The molecule has 0 aromatic heterocycles. The van der Waals surface area contributed by atoms with Crippen LogP contribution in [-0.2, 0) is 0 Å². The van der Waals surface area contributed by atoms with Crippen LogP contribution >= 0.6 is 0 Å². The van der Waals surface area contributed by atoms with Gasteiger partial charge in [-0.25, -0.2) is 0 Å². The predicted molar refractivity (Wildman–Crippen MR) is 107 cm³/mol. The van der Waals surface area contributed by atoms with Crippen LogP contribution in [0.1, 0.15) is 0 Å². The zero-order valence-electron chi connectivity index (χ0n) is 11.9. The number of hydrogen-bond donors (Lipinski definition) is 0. The van der Waals surface area contributed by atoms with Crippen LogP contribution in [-0.4, -0.2) is 169 Å². The Kier molecular flexibility index (Phi) is 22.1. The molecule has 9 heteroatoms. The van der Waals surface area contributed by atoms with E-state index in [0.717, 1.165) is 13.1 Å². The summed E-state index contributed by atoms with van der Waals surface area (Å²) in [5.41, 5.74) is 0. The van der Waals surface area contributed by atoms with Crippen molar-refractivity contribution in [2.24, 2.45) is 0 Å². The van der Waals surface area contributed by atoms with Crippen LogP contribution in [0, 0.1) is 0 Å². The second kappa shape index (κ2) is 14.6. The summed E-state index contributed by atoms with van der Waals surface area (Å²) < 4.78 is 3.00. The largest absolute Gasteiger partial charge is 2.00 e. The van der Waals surface area contributed by atoms with Crippen molar-refractivity contribution in [2.45, 2.75) is 0 Å². The van der Waals surface area contributed by atoms with Gasteiger partial charge in [-0.3, -0.25) is 0 Å². The molecule has 0 amide bonds. The monoisotopic (exact) mass is 398 g/mol. The predicted octanol–water partition coefficient (Wildman–Crippen LogP) is -5.02. The van der Waals surface area contributed by atoms with Gasteiger partial charge in [-0.2, -0.15) is 0 Å². The number of likely N-dealkylation sites (N-methyl/N-ethyl adjacent to an activating group) is 2. The van der Waals surface area contributed by atoms with E-state index in [2.05, 4.69) is 66.2 Å². The van der Waals surface area contributed by atoms with E-state index in [0.29, 0.717) is 31.9 Å². The molecule has 19 heavy (non-hydrogen) atoms. The van der Waals surface area contributed by atoms with E-state index in [1.165, 1.54) is 8.61 Å². The molecule has 0 atom stereocenters. The fourth-order valence-electron chi connectivity index (χ4n) is 0.400. The SMILES string of the molecule is CN(C)CCN(C)C.[BH3-][N+]([BH3-])(C)C.[BH3-][N+]([BH3-])(C)C.[Ba+2]. The third-order valence-electron chi connectivity index (χ3n) is 0.994. The molecule has 0 aliphatic heterocycles. The number of nitrogens with zero attached hydrogens (tertiary/aromatic N) is 4. The summed E-state index contributed by atoms with van der Waals surface area (Å²) in [6, 6.07) is 0. The van der Waals surface area contributed by atoms with E-state index in [4.69, 9.17) is 0 Å². The van der Waals surface area contributed by atoms with E-state index >= 15 is 0 Å². The van der Waals surface area contributed by atoms with Crippen LogP contribution in [0.3, 0.4) is 0 Å². The first kappa shape index (κ1) is 28.8. The van der Waals surface area contributed by atoms with Crippen molar-refractivity contribution in [3.8, 4) is 0 Å². The standard InChI is InChI=1S/C6H16N2.2C2H12B2N.Ba/c1-7(2)5-6-8(3)4;2*1-5(2,3)4;/h5-6H2,1-4H3;2*1-4H3;/q;2*-1;+2. The van der Waals surface area contributed by atoms with Gasteiger partial charge < -0.3 is 18.4 Å². The Morgan fingerprint density at radius 1 is 0.632 bits per heavy atom. The fourth-order valence-corrected chi connectivity index (χ4v) is 0.400. The van der Waals surface area contributed by atoms with Crippen molar-refractivity contribution < 1.29 is 8.61 Å². The van der Waals surface area contributed by atoms with Gasteiger partial charge in [0.25, 0.3) is 0 Å². The first-order valence-electron chi connectivity index (χ1n) is 4.71. The summed E-state index contributed by atoms with van der Waals surface area (Å²) >= 11 is 0.